The van der Waals surface area contributed by atoms with Crippen LogP contribution in [0.4, 0.5) is 5.69 Å². The summed E-state index contributed by atoms with van der Waals surface area (Å²) in [6, 6.07) is 20.9. The van der Waals surface area contributed by atoms with Gasteiger partial charge in [-0.05, 0) is 127 Å². The van der Waals surface area contributed by atoms with Crippen LogP contribution in [0.1, 0.15) is 68.9 Å². The molecule has 0 fully saturated rings. The van der Waals surface area contributed by atoms with Gasteiger partial charge < -0.3 is 4.90 Å². The minimum Gasteiger partial charge on any atom is -0.334 e. The summed E-state index contributed by atoms with van der Waals surface area (Å²) in [6.45, 7) is 0. The van der Waals surface area contributed by atoms with Crippen molar-refractivity contribution in [3.63, 3.8) is 0 Å². The standard InChI is InChI=1S/C47H47N/c1-3-13-35(14-4-1)33-41(45-23-11-17-39-15-7-9-21-44(39)45)34-36-25-27-37(28-26-36)38-29-31-43(32-30-38)48(42-19-5-2-6-20-42)47-24-12-18-40-16-8-10-22-46(40)47/h1-8,10,12-16,19,22-25,27,29-32,40-42H,9,11,17-18,20-21,26,28,33-34H2. The number of anilines is 1. The maximum absolute atomic E-state index is 2.59. The third-order valence-corrected chi connectivity index (χ3v) is 11.1. The van der Waals surface area contributed by atoms with E-state index in [9.17, 15) is 0 Å². The molecule has 2 aromatic rings. The summed E-state index contributed by atoms with van der Waals surface area (Å²) < 4.78 is 0. The van der Waals surface area contributed by atoms with Crippen LogP contribution in [0.25, 0.3) is 5.57 Å². The molecule has 0 heterocycles. The van der Waals surface area contributed by atoms with E-state index in [2.05, 4.69) is 151 Å². The van der Waals surface area contributed by atoms with Crippen LogP contribution in [-0.2, 0) is 6.42 Å². The molecule has 0 aliphatic heterocycles. The molecule has 2 aromatic carbocycles. The van der Waals surface area contributed by atoms with Crippen LogP contribution in [0.5, 0.6) is 0 Å². The van der Waals surface area contributed by atoms with E-state index in [1.807, 2.05) is 0 Å². The monoisotopic (exact) mass is 625 g/mol. The number of benzene rings is 2. The molecule has 0 saturated heterocycles. The van der Waals surface area contributed by atoms with E-state index in [-0.39, 0.29) is 0 Å². The van der Waals surface area contributed by atoms with Crippen molar-refractivity contribution >= 4 is 11.3 Å². The highest BCUT2D eigenvalue weighted by Gasteiger charge is 2.28. The molecule has 1 heteroatoms. The number of nitrogens with zero attached hydrogens (tertiary/aromatic N) is 1. The van der Waals surface area contributed by atoms with Gasteiger partial charge in [0.2, 0.25) is 0 Å². The third kappa shape index (κ3) is 6.56. The highest BCUT2D eigenvalue weighted by Crippen LogP contribution is 2.42. The summed E-state index contributed by atoms with van der Waals surface area (Å²) in [5, 5.41) is 0. The molecule has 240 valence electrons. The van der Waals surface area contributed by atoms with E-state index in [4.69, 9.17) is 0 Å². The van der Waals surface area contributed by atoms with Gasteiger partial charge in [-0.3, -0.25) is 0 Å². The Bertz CT molecular complexity index is 1860. The van der Waals surface area contributed by atoms with Crippen molar-refractivity contribution in [2.24, 2.45) is 11.8 Å². The zero-order chi connectivity index (χ0) is 32.1. The van der Waals surface area contributed by atoms with Crippen molar-refractivity contribution in [2.75, 3.05) is 4.90 Å². The molecule has 0 amide bonds. The molecule has 0 saturated carbocycles. The summed E-state index contributed by atoms with van der Waals surface area (Å²) in [7, 11) is 0. The quantitative estimate of drug-likeness (QED) is 0.268. The van der Waals surface area contributed by atoms with E-state index < -0.39 is 0 Å². The highest BCUT2D eigenvalue weighted by atomic mass is 15.2. The predicted octanol–water partition coefficient (Wildman–Crippen LogP) is 12.1. The zero-order valence-electron chi connectivity index (χ0n) is 28.1. The normalized spacial score (nSPS) is 23.4. The lowest BCUT2D eigenvalue weighted by Gasteiger charge is -2.37. The van der Waals surface area contributed by atoms with Gasteiger partial charge >= 0.3 is 0 Å². The number of allylic oxidation sites excluding steroid dienone is 19. The lowest BCUT2D eigenvalue weighted by atomic mass is 9.75. The molecule has 1 nitrogen and oxygen atoms in total. The van der Waals surface area contributed by atoms with Crippen LogP contribution in [0, 0.1) is 11.8 Å². The number of rotatable bonds is 9. The maximum Gasteiger partial charge on any atom is 0.0559 e. The van der Waals surface area contributed by atoms with Gasteiger partial charge in [0.05, 0.1) is 6.04 Å². The molecule has 0 bridgehead atoms. The molecule has 0 radical (unpaired) electrons. The first kappa shape index (κ1) is 30.7. The summed E-state index contributed by atoms with van der Waals surface area (Å²) in [6.07, 6.45) is 46.4. The fourth-order valence-corrected chi connectivity index (χ4v) is 8.61. The van der Waals surface area contributed by atoms with Crippen molar-refractivity contribution < 1.29 is 0 Å². The molecule has 0 spiro atoms. The molecule has 3 unspecified atom stereocenters. The summed E-state index contributed by atoms with van der Waals surface area (Å²) in [5.41, 5.74) is 14.8. The fraction of sp³-hybridized carbons (Fsp3) is 0.277. The molecule has 48 heavy (non-hydrogen) atoms. The molecule has 6 aliphatic carbocycles. The van der Waals surface area contributed by atoms with Crippen molar-refractivity contribution in [2.45, 2.75) is 70.3 Å². The lowest BCUT2D eigenvalue weighted by molar-refractivity contribution is 0.580. The minimum atomic E-state index is 0.310. The Morgan fingerprint density at radius 2 is 1.58 bits per heavy atom. The summed E-state index contributed by atoms with van der Waals surface area (Å²) in [5.74, 6) is 1.01. The highest BCUT2D eigenvalue weighted by molar-refractivity contribution is 5.72. The number of hydrogen-bond acceptors (Lipinski definition) is 1. The first-order chi connectivity index (χ1) is 23.8. The molecule has 6 aliphatic rings. The number of fused-ring (bicyclic) bond motifs is 1. The SMILES string of the molecule is C1=CCC(N(C2=C3C=CC=CC3CC=C2)c2ccc(C3=CC=C(CC(Cc4ccccc4)C4=CCCC5=C4CCC=C5)CC3)cc2)C=C1. The van der Waals surface area contributed by atoms with Gasteiger partial charge in [0, 0.05) is 17.3 Å². The molecule has 3 atom stereocenters. The molecule has 0 aromatic heterocycles. The van der Waals surface area contributed by atoms with Crippen molar-refractivity contribution in [3.8, 4) is 0 Å². The molecular formula is C47H47N. The molecule has 0 N–H and O–H groups in total. The fourth-order valence-electron chi connectivity index (χ4n) is 8.61. The Morgan fingerprint density at radius 3 is 2.42 bits per heavy atom. The van der Waals surface area contributed by atoms with Gasteiger partial charge in [-0.15, -0.1) is 0 Å². The second kappa shape index (κ2) is 14.2. The van der Waals surface area contributed by atoms with Gasteiger partial charge in [-0.2, -0.15) is 0 Å². The van der Waals surface area contributed by atoms with E-state index in [0.717, 1.165) is 38.5 Å². The van der Waals surface area contributed by atoms with Gasteiger partial charge in [0.25, 0.3) is 0 Å². The second-order valence-electron chi connectivity index (χ2n) is 14.1. The zero-order valence-corrected chi connectivity index (χ0v) is 28.1. The molecular weight excluding hydrogens is 579 g/mol. The molecule has 8 rings (SSSR count). The maximum atomic E-state index is 2.59. The Labute approximate surface area is 287 Å². The van der Waals surface area contributed by atoms with Crippen LogP contribution in [0.3, 0.4) is 0 Å². The summed E-state index contributed by atoms with van der Waals surface area (Å²) >= 11 is 0. The van der Waals surface area contributed by atoms with Gasteiger partial charge in [-0.1, -0.05) is 133 Å². The van der Waals surface area contributed by atoms with Crippen LogP contribution in [0.15, 0.2) is 179 Å². The minimum absolute atomic E-state index is 0.310. The Balaban J connectivity index is 1.04. The van der Waals surface area contributed by atoms with E-state index in [1.54, 1.807) is 22.3 Å². The Morgan fingerprint density at radius 1 is 0.688 bits per heavy atom. The summed E-state index contributed by atoms with van der Waals surface area (Å²) in [4.78, 5) is 2.56. The second-order valence-corrected chi connectivity index (χ2v) is 14.1. The van der Waals surface area contributed by atoms with Gasteiger partial charge in [0.15, 0.2) is 0 Å². The Kier molecular flexibility index (Phi) is 9.11. The lowest BCUT2D eigenvalue weighted by Crippen LogP contribution is -2.35. The number of hydrogen-bond donors (Lipinski definition) is 0. The van der Waals surface area contributed by atoms with E-state index in [1.165, 1.54) is 59.3 Å². The van der Waals surface area contributed by atoms with Crippen LogP contribution in [0.2, 0.25) is 0 Å². The van der Waals surface area contributed by atoms with E-state index >= 15 is 0 Å². The van der Waals surface area contributed by atoms with Gasteiger partial charge in [-0.25, -0.2) is 0 Å². The van der Waals surface area contributed by atoms with Crippen LogP contribution >= 0.6 is 0 Å². The van der Waals surface area contributed by atoms with Crippen molar-refractivity contribution in [3.05, 3.63) is 190 Å². The first-order valence-corrected chi connectivity index (χ1v) is 18.3. The van der Waals surface area contributed by atoms with Crippen molar-refractivity contribution in [1.82, 2.24) is 0 Å². The first-order valence-electron chi connectivity index (χ1n) is 18.3. The van der Waals surface area contributed by atoms with E-state index in [0.29, 0.717) is 17.9 Å². The smallest absolute Gasteiger partial charge is 0.0559 e. The van der Waals surface area contributed by atoms with Crippen LogP contribution in [-0.4, -0.2) is 6.04 Å². The van der Waals surface area contributed by atoms with Gasteiger partial charge in [0.1, 0.15) is 0 Å². The third-order valence-electron chi connectivity index (χ3n) is 11.1. The van der Waals surface area contributed by atoms with Crippen LogP contribution < -0.4 is 4.90 Å². The largest absolute Gasteiger partial charge is 0.334 e. The topological polar surface area (TPSA) is 3.24 Å². The average Bonchev–Trinajstić information content (AvgIpc) is 3.16. The average molecular weight is 626 g/mol. The van der Waals surface area contributed by atoms with Crippen molar-refractivity contribution in [1.29, 1.82) is 0 Å². The Hall–Kier alpha value is -4.62. The predicted molar refractivity (Wildman–Crippen MR) is 204 cm³/mol.